The molecule has 2 rings (SSSR count). The molecule has 0 aliphatic heterocycles. The van der Waals surface area contributed by atoms with Crippen molar-refractivity contribution < 1.29 is 14.3 Å². The zero-order valence-electron chi connectivity index (χ0n) is 12.1. The second kappa shape index (κ2) is 6.67. The molecule has 0 aromatic carbocycles. The molecular weight excluding hydrogens is 299 g/mol. The Hall–Kier alpha value is -1.95. The van der Waals surface area contributed by atoms with Crippen molar-refractivity contribution in [3.8, 4) is 0 Å². The van der Waals surface area contributed by atoms with Crippen LogP contribution in [0.2, 0.25) is 5.15 Å². The van der Waals surface area contributed by atoms with Crippen molar-refractivity contribution in [1.82, 2.24) is 9.55 Å². The largest absolute Gasteiger partial charge is 0.477 e. The van der Waals surface area contributed by atoms with Gasteiger partial charge >= 0.3 is 5.97 Å². The van der Waals surface area contributed by atoms with Gasteiger partial charge in [-0.3, -0.25) is 4.79 Å². The van der Waals surface area contributed by atoms with Gasteiger partial charge in [0.2, 0.25) is 5.43 Å². The fourth-order valence-electron chi connectivity index (χ4n) is 1.77. The number of hydrogen-bond acceptors (Lipinski definition) is 3. The van der Waals surface area contributed by atoms with Gasteiger partial charge in [0.15, 0.2) is 11.0 Å². The van der Waals surface area contributed by atoms with Gasteiger partial charge in [-0.05, 0) is 19.9 Å². The van der Waals surface area contributed by atoms with E-state index in [1.807, 2.05) is 13.8 Å². The molecule has 0 amide bonds. The number of carboxylic acid groups (broad SMARTS) is 1. The Morgan fingerprint density at radius 2 is 2.00 bits per heavy atom. The Labute approximate surface area is 126 Å². The highest BCUT2D eigenvalue weighted by molar-refractivity contribution is 6.29. The van der Waals surface area contributed by atoms with Crippen LogP contribution in [0.5, 0.6) is 0 Å². The minimum atomic E-state index is -1.36. The third-order valence-corrected chi connectivity index (χ3v) is 2.97. The molecule has 0 unspecified atom stereocenters. The number of rotatable bonds is 2. The summed E-state index contributed by atoms with van der Waals surface area (Å²) in [5.74, 6) is -2.22. The van der Waals surface area contributed by atoms with Crippen molar-refractivity contribution in [2.24, 2.45) is 0 Å². The summed E-state index contributed by atoms with van der Waals surface area (Å²) in [6, 6.07) is 0.758. The smallest absolute Gasteiger partial charge is 0.341 e. The average Bonchev–Trinajstić information content (AvgIpc) is 2.43. The van der Waals surface area contributed by atoms with Crippen LogP contribution in [0.4, 0.5) is 4.39 Å². The number of aromatic carboxylic acids is 1. The molecule has 114 valence electrons. The number of pyridine rings is 2. The Morgan fingerprint density at radius 1 is 1.43 bits per heavy atom. The van der Waals surface area contributed by atoms with Crippen LogP contribution < -0.4 is 5.43 Å². The fraction of sp³-hybridized carbons (Fsp3) is 0.357. The van der Waals surface area contributed by atoms with Crippen molar-refractivity contribution >= 4 is 28.6 Å². The van der Waals surface area contributed by atoms with E-state index in [-0.39, 0.29) is 22.2 Å². The molecule has 0 atom stereocenters. The van der Waals surface area contributed by atoms with E-state index in [0.29, 0.717) is 0 Å². The fourth-order valence-corrected chi connectivity index (χ4v) is 1.91. The quantitative estimate of drug-likeness (QED) is 0.861. The molecule has 0 fully saturated rings. The number of carboxylic acids is 1. The average molecular weight is 315 g/mol. The predicted molar refractivity (Wildman–Crippen MR) is 79.7 cm³/mol. The Kier molecular flexibility index (Phi) is 5.43. The summed E-state index contributed by atoms with van der Waals surface area (Å²) in [6.45, 7) is 7.57. The molecule has 1 N–H and O–H groups in total. The number of aromatic nitrogens is 2. The first-order valence-electron chi connectivity index (χ1n) is 6.47. The van der Waals surface area contributed by atoms with E-state index < -0.39 is 22.8 Å². The summed E-state index contributed by atoms with van der Waals surface area (Å²) in [7, 11) is 0. The Balaban J connectivity index is 0.00000106. The second-order valence-electron chi connectivity index (χ2n) is 4.31. The second-order valence-corrected chi connectivity index (χ2v) is 4.67. The summed E-state index contributed by atoms with van der Waals surface area (Å²) in [4.78, 5) is 26.8. The molecule has 7 heteroatoms. The lowest BCUT2D eigenvalue weighted by atomic mass is 10.1. The van der Waals surface area contributed by atoms with Crippen LogP contribution in [-0.4, -0.2) is 20.6 Å². The van der Waals surface area contributed by atoms with Gasteiger partial charge < -0.3 is 9.67 Å². The van der Waals surface area contributed by atoms with Gasteiger partial charge in [-0.1, -0.05) is 25.4 Å². The van der Waals surface area contributed by atoms with Crippen molar-refractivity contribution in [3.05, 3.63) is 39.0 Å². The van der Waals surface area contributed by atoms with Gasteiger partial charge in [0, 0.05) is 12.2 Å². The Morgan fingerprint density at radius 3 is 2.48 bits per heavy atom. The summed E-state index contributed by atoms with van der Waals surface area (Å²) in [5.41, 5.74) is -1.04. The predicted octanol–water partition coefficient (Wildman–Crippen LogP) is 3.49. The molecule has 2 aromatic heterocycles. The van der Waals surface area contributed by atoms with Crippen LogP contribution in [0.1, 0.15) is 44.1 Å². The Bertz CT molecular complexity index is 741. The SMILES string of the molecule is CC.CC(C)n1cc(C(=O)O)c(=O)c2cc(F)c(Cl)nc21. The lowest BCUT2D eigenvalue weighted by molar-refractivity contribution is 0.0694. The molecule has 2 heterocycles. The van der Waals surface area contributed by atoms with E-state index >= 15 is 0 Å². The minimum Gasteiger partial charge on any atom is -0.477 e. The van der Waals surface area contributed by atoms with E-state index in [1.54, 1.807) is 13.8 Å². The van der Waals surface area contributed by atoms with Crippen LogP contribution in [0.3, 0.4) is 0 Å². The maximum absolute atomic E-state index is 13.4. The van der Waals surface area contributed by atoms with E-state index in [2.05, 4.69) is 4.98 Å². The molecule has 2 aromatic rings. The van der Waals surface area contributed by atoms with Crippen molar-refractivity contribution in [1.29, 1.82) is 0 Å². The first-order chi connectivity index (χ1) is 9.82. The number of halogens is 2. The molecule has 0 radical (unpaired) electrons. The van der Waals surface area contributed by atoms with Gasteiger partial charge in [0.05, 0.1) is 5.39 Å². The normalized spacial score (nSPS) is 10.4. The third-order valence-electron chi connectivity index (χ3n) is 2.70. The van der Waals surface area contributed by atoms with Crippen molar-refractivity contribution in [2.45, 2.75) is 33.7 Å². The van der Waals surface area contributed by atoms with Gasteiger partial charge in [0.1, 0.15) is 11.2 Å². The van der Waals surface area contributed by atoms with Crippen molar-refractivity contribution in [2.75, 3.05) is 0 Å². The monoisotopic (exact) mass is 314 g/mol. The van der Waals surface area contributed by atoms with Gasteiger partial charge in [-0.25, -0.2) is 14.2 Å². The molecule has 0 spiro atoms. The number of hydrogen-bond donors (Lipinski definition) is 1. The number of carbonyl (C=O) groups is 1. The van der Waals surface area contributed by atoms with E-state index in [9.17, 15) is 14.0 Å². The molecule has 0 aliphatic carbocycles. The van der Waals surface area contributed by atoms with Crippen LogP contribution in [0, 0.1) is 5.82 Å². The molecule has 0 bridgehead atoms. The van der Waals surface area contributed by atoms with Crippen LogP contribution >= 0.6 is 11.6 Å². The van der Waals surface area contributed by atoms with E-state index in [4.69, 9.17) is 16.7 Å². The molecule has 0 saturated carbocycles. The number of fused-ring (bicyclic) bond motifs is 1. The van der Waals surface area contributed by atoms with Gasteiger partial charge in [0.25, 0.3) is 0 Å². The maximum atomic E-state index is 13.4. The lowest BCUT2D eigenvalue weighted by Gasteiger charge is -2.15. The molecule has 21 heavy (non-hydrogen) atoms. The minimum absolute atomic E-state index is 0.101. The highest BCUT2D eigenvalue weighted by Gasteiger charge is 2.18. The summed E-state index contributed by atoms with van der Waals surface area (Å²) in [6.07, 6.45) is 1.19. The molecule has 0 aliphatic rings. The first-order valence-corrected chi connectivity index (χ1v) is 6.85. The highest BCUT2D eigenvalue weighted by Crippen LogP contribution is 2.20. The standard InChI is InChI=1S/C12H10ClFN2O3.C2H6/c1-5(2)16-4-7(12(18)19)9(17)6-3-8(14)10(13)15-11(6)16;1-2/h3-5H,1-2H3,(H,18,19);1-2H3. The summed E-state index contributed by atoms with van der Waals surface area (Å²) < 4.78 is 14.9. The molecule has 5 nitrogen and oxygen atoms in total. The van der Waals surface area contributed by atoms with Crippen LogP contribution in [-0.2, 0) is 0 Å². The van der Waals surface area contributed by atoms with Gasteiger partial charge in [-0.2, -0.15) is 0 Å². The number of nitrogens with zero attached hydrogens (tertiary/aromatic N) is 2. The van der Waals surface area contributed by atoms with E-state index in [1.165, 1.54) is 10.8 Å². The summed E-state index contributed by atoms with van der Waals surface area (Å²) >= 11 is 5.60. The summed E-state index contributed by atoms with van der Waals surface area (Å²) in [5, 5.41) is 8.54. The van der Waals surface area contributed by atoms with Crippen LogP contribution in [0.15, 0.2) is 17.1 Å². The molecule has 0 saturated heterocycles. The van der Waals surface area contributed by atoms with Crippen molar-refractivity contribution in [3.63, 3.8) is 0 Å². The zero-order valence-corrected chi connectivity index (χ0v) is 12.9. The van der Waals surface area contributed by atoms with E-state index in [0.717, 1.165) is 6.07 Å². The zero-order chi connectivity index (χ0) is 16.3. The third kappa shape index (κ3) is 3.21. The topological polar surface area (TPSA) is 72.2 Å². The van der Waals surface area contributed by atoms with Gasteiger partial charge in [-0.15, -0.1) is 0 Å². The first kappa shape index (κ1) is 17.1. The lowest BCUT2D eigenvalue weighted by Crippen LogP contribution is -2.20. The maximum Gasteiger partial charge on any atom is 0.341 e. The molecular formula is C14H16ClFN2O3. The highest BCUT2D eigenvalue weighted by atomic mass is 35.5. The van der Waals surface area contributed by atoms with Crippen LogP contribution in [0.25, 0.3) is 11.0 Å².